The molecule has 1 atom stereocenters. The van der Waals surface area contributed by atoms with Crippen molar-refractivity contribution in [1.29, 1.82) is 0 Å². The van der Waals surface area contributed by atoms with Crippen molar-refractivity contribution in [2.45, 2.75) is 33.2 Å². The standard InChI is InChI=1S/C16H21N/c1-12(2)11-13(3)17-16-10-6-8-14-7-4-5-9-15(14)16/h4-10,12-13,17H,11H2,1-3H3. The highest BCUT2D eigenvalue weighted by Gasteiger charge is 2.06. The third-order valence-corrected chi connectivity index (χ3v) is 3.02. The fourth-order valence-corrected chi connectivity index (χ4v) is 2.38. The van der Waals surface area contributed by atoms with Crippen LogP contribution >= 0.6 is 0 Å². The molecule has 0 bridgehead atoms. The van der Waals surface area contributed by atoms with Crippen LogP contribution < -0.4 is 5.32 Å². The van der Waals surface area contributed by atoms with Gasteiger partial charge in [0, 0.05) is 17.1 Å². The quantitative estimate of drug-likeness (QED) is 0.799. The molecule has 0 aliphatic carbocycles. The Morgan fingerprint density at radius 3 is 2.41 bits per heavy atom. The first-order valence-electron chi connectivity index (χ1n) is 6.41. The number of rotatable bonds is 4. The molecule has 1 unspecified atom stereocenters. The number of hydrogen-bond acceptors (Lipinski definition) is 1. The number of anilines is 1. The van der Waals surface area contributed by atoms with Crippen molar-refractivity contribution in [1.82, 2.24) is 0 Å². The molecule has 0 spiro atoms. The summed E-state index contributed by atoms with van der Waals surface area (Å²) in [6.45, 7) is 6.78. The first kappa shape index (κ1) is 12.0. The predicted molar refractivity (Wildman–Crippen MR) is 76.5 cm³/mol. The molecule has 2 rings (SSSR count). The molecule has 0 aliphatic heterocycles. The largest absolute Gasteiger partial charge is 0.382 e. The minimum Gasteiger partial charge on any atom is -0.382 e. The topological polar surface area (TPSA) is 12.0 Å². The Hall–Kier alpha value is -1.50. The maximum absolute atomic E-state index is 3.62. The second kappa shape index (κ2) is 5.22. The number of fused-ring (bicyclic) bond motifs is 1. The molecule has 0 aliphatic rings. The summed E-state index contributed by atoms with van der Waals surface area (Å²) in [5.74, 6) is 0.729. The Labute approximate surface area is 104 Å². The van der Waals surface area contributed by atoms with Gasteiger partial charge >= 0.3 is 0 Å². The average Bonchev–Trinajstić information content (AvgIpc) is 2.28. The van der Waals surface area contributed by atoms with Gasteiger partial charge in [0.25, 0.3) is 0 Å². The zero-order valence-corrected chi connectivity index (χ0v) is 10.9. The van der Waals surface area contributed by atoms with Crippen molar-refractivity contribution in [3.8, 4) is 0 Å². The normalized spacial score (nSPS) is 12.9. The van der Waals surface area contributed by atoms with E-state index in [1.165, 1.54) is 22.9 Å². The summed E-state index contributed by atoms with van der Waals surface area (Å²) in [7, 11) is 0. The van der Waals surface area contributed by atoms with Crippen molar-refractivity contribution in [2.75, 3.05) is 5.32 Å². The van der Waals surface area contributed by atoms with Gasteiger partial charge in [-0.1, -0.05) is 50.2 Å². The van der Waals surface area contributed by atoms with Crippen LogP contribution in [-0.2, 0) is 0 Å². The second-order valence-corrected chi connectivity index (χ2v) is 5.20. The van der Waals surface area contributed by atoms with Crippen molar-refractivity contribution in [3.05, 3.63) is 42.5 Å². The van der Waals surface area contributed by atoms with Crippen LogP contribution in [0.3, 0.4) is 0 Å². The summed E-state index contributed by atoms with van der Waals surface area (Å²) in [6.07, 6.45) is 1.20. The first-order chi connectivity index (χ1) is 8.16. The summed E-state index contributed by atoms with van der Waals surface area (Å²) in [6, 6.07) is 15.5. The summed E-state index contributed by atoms with van der Waals surface area (Å²) >= 11 is 0. The molecule has 1 N–H and O–H groups in total. The lowest BCUT2D eigenvalue weighted by molar-refractivity contribution is 0.540. The van der Waals surface area contributed by atoms with E-state index in [-0.39, 0.29) is 0 Å². The van der Waals surface area contributed by atoms with Gasteiger partial charge in [0.05, 0.1) is 0 Å². The van der Waals surface area contributed by atoms with E-state index in [0.717, 1.165) is 5.92 Å². The van der Waals surface area contributed by atoms with Gasteiger partial charge in [-0.25, -0.2) is 0 Å². The van der Waals surface area contributed by atoms with Crippen molar-refractivity contribution in [2.24, 2.45) is 5.92 Å². The Morgan fingerprint density at radius 2 is 1.65 bits per heavy atom. The van der Waals surface area contributed by atoms with Gasteiger partial charge < -0.3 is 5.32 Å². The Morgan fingerprint density at radius 1 is 0.941 bits per heavy atom. The highest BCUT2D eigenvalue weighted by atomic mass is 14.9. The van der Waals surface area contributed by atoms with Gasteiger partial charge in [0.1, 0.15) is 0 Å². The molecule has 1 heteroatoms. The molecule has 0 amide bonds. The van der Waals surface area contributed by atoms with Gasteiger partial charge in [-0.15, -0.1) is 0 Å². The summed E-state index contributed by atoms with van der Waals surface area (Å²) in [4.78, 5) is 0. The zero-order chi connectivity index (χ0) is 12.3. The van der Waals surface area contributed by atoms with Crippen LogP contribution in [0.4, 0.5) is 5.69 Å². The van der Waals surface area contributed by atoms with Gasteiger partial charge in [-0.2, -0.15) is 0 Å². The molecular weight excluding hydrogens is 206 g/mol. The minimum atomic E-state index is 0.515. The molecule has 1 nitrogen and oxygen atoms in total. The maximum Gasteiger partial charge on any atom is 0.0421 e. The van der Waals surface area contributed by atoms with Crippen LogP contribution in [0, 0.1) is 5.92 Å². The Balaban J connectivity index is 2.24. The smallest absolute Gasteiger partial charge is 0.0421 e. The molecule has 0 aromatic heterocycles. The van der Waals surface area contributed by atoms with E-state index in [2.05, 4.69) is 68.6 Å². The molecule has 90 valence electrons. The summed E-state index contributed by atoms with van der Waals surface area (Å²) < 4.78 is 0. The summed E-state index contributed by atoms with van der Waals surface area (Å²) in [5.41, 5.74) is 1.25. The zero-order valence-electron chi connectivity index (χ0n) is 10.9. The van der Waals surface area contributed by atoms with Crippen LogP contribution in [0.5, 0.6) is 0 Å². The van der Waals surface area contributed by atoms with E-state index >= 15 is 0 Å². The fourth-order valence-electron chi connectivity index (χ4n) is 2.38. The molecular formula is C16H21N. The van der Waals surface area contributed by atoms with E-state index in [9.17, 15) is 0 Å². The molecule has 0 saturated heterocycles. The molecule has 0 radical (unpaired) electrons. The second-order valence-electron chi connectivity index (χ2n) is 5.20. The molecule has 0 fully saturated rings. The van der Waals surface area contributed by atoms with E-state index in [1.54, 1.807) is 0 Å². The van der Waals surface area contributed by atoms with Crippen molar-refractivity contribution >= 4 is 16.5 Å². The van der Waals surface area contributed by atoms with Gasteiger partial charge in [0.15, 0.2) is 0 Å². The third kappa shape index (κ3) is 3.00. The SMILES string of the molecule is CC(C)CC(C)Nc1cccc2ccccc12. The van der Waals surface area contributed by atoms with E-state index in [1.807, 2.05) is 0 Å². The van der Waals surface area contributed by atoms with Gasteiger partial charge in [-0.3, -0.25) is 0 Å². The first-order valence-corrected chi connectivity index (χ1v) is 6.41. The van der Waals surface area contributed by atoms with E-state index in [4.69, 9.17) is 0 Å². The molecule has 0 saturated carbocycles. The lowest BCUT2D eigenvalue weighted by Crippen LogP contribution is -2.17. The number of nitrogens with one attached hydrogen (secondary N) is 1. The van der Waals surface area contributed by atoms with Crippen LogP contribution in [0.2, 0.25) is 0 Å². The molecule has 0 heterocycles. The van der Waals surface area contributed by atoms with E-state index in [0.29, 0.717) is 6.04 Å². The third-order valence-electron chi connectivity index (χ3n) is 3.02. The highest BCUT2D eigenvalue weighted by Crippen LogP contribution is 2.24. The van der Waals surface area contributed by atoms with Crippen LogP contribution in [0.25, 0.3) is 10.8 Å². The van der Waals surface area contributed by atoms with Crippen LogP contribution in [0.1, 0.15) is 27.2 Å². The Kier molecular flexibility index (Phi) is 3.68. The average molecular weight is 227 g/mol. The van der Waals surface area contributed by atoms with Crippen molar-refractivity contribution < 1.29 is 0 Å². The van der Waals surface area contributed by atoms with Crippen LogP contribution in [0.15, 0.2) is 42.5 Å². The number of benzene rings is 2. The minimum absolute atomic E-state index is 0.515. The maximum atomic E-state index is 3.62. The van der Waals surface area contributed by atoms with Crippen molar-refractivity contribution in [3.63, 3.8) is 0 Å². The lowest BCUT2D eigenvalue weighted by Gasteiger charge is -2.18. The molecule has 2 aromatic carbocycles. The predicted octanol–water partition coefficient (Wildman–Crippen LogP) is 4.69. The van der Waals surface area contributed by atoms with Gasteiger partial charge in [0.2, 0.25) is 0 Å². The monoisotopic (exact) mass is 227 g/mol. The van der Waals surface area contributed by atoms with Crippen LogP contribution in [-0.4, -0.2) is 6.04 Å². The molecule has 17 heavy (non-hydrogen) atoms. The van der Waals surface area contributed by atoms with Gasteiger partial charge in [-0.05, 0) is 30.7 Å². The Bertz CT molecular complexity index is 482. The lowest BCUT2D eigenvalue weighted by atomic mass is 10.0. The van der Waals surface area contributed by atoms with E-state index < -0.39 is 0 Å². The molecule has 2 aromatic rings. The highest BCUT2D eigenvalue weighted by molar-refractivity contribution is 5.93. The number of hydrogen-bond donors (Lipinski definition) is 1. The summed E-state index contributed by atoms with van der Waals surface area (Å²) in [5, 5.41) is 6.23. The fraction of sp³-hybridized carbons (Fsp3) is 0.375.